The second-order valence-electron chi connectivity index (χ2n) is 3.73. The summed E-state index contributed by atoms with van der Waals surface area (Å²) in [6, 6.07) is 5.67. The maximum absolute atomic E-state index is 6.18. The maximum atomic E-state index is 6.18. The highest BCUT2D eigenvalue weighted by Crippen LogP contribution is 2.39. The van der Waals surface area contributed by atoms with Crippen molar-refractivity contribution < 1.29 is 9.47 Å². The number of hydrogen-bond donors (Lipinski definition) is 1. The van der Waals surface area contributed by atoms with Gasteiger partial charge in [0.15, 0.2) is 11.5 Å². The summed E-state index contributed by atoms with van der Waals surface area (Å²) in [7, 11) is 0. The Morgan fingerprint density at radius 1 is 1.33 bits per heavy atom. The molecular weight excluding hydrogens is 338 g/mol. The van der Waals surface area contributed by atoms with Crippen LogP contribution in [0.2, 0.25) is 5.02 Å². The predicted molar refractivity (Wildman–Crippen MR) is 76.9 cm³/mol. The van der Waals surface area contributed by atoms with E-state index in [4.69, 9.17) is 21.1 Å². The maximum Gasteiger partial charge on any atom is 0.231 e. The van der Waals surface area contributed by atoms with Crippen molar-refractivity contribution in [1.29, 1.82) is 0 Å². The highest BCUT2D eigenvalue weighted by atomic mass is 79.9. The van der Waals surface area contributed by atoms with Crippen molar-refractivity contribution in [2.75, 3.05) is 12.1 Å². The van der Waals surface area contributed by atoms with Crippen LogP contribution in [0.15, 0.2) is 28.1 Å². The smallest absolute Gasteiger partial charge is 0.231 e. The molecule has 1 aromatic heterocycles. The molecule has 1 aliphatic rings. The summed E-state index contributed by atoms with van der Waals surface area (Å²) in [4.78, 5) is 1.23. The van der Waals surface area contributed by atoms with E-state index in [1.54, 1.807) is 17.4 Å². The van der Waals surface area contributed by atoms with Crippen LogP contribution in [0, 0.1) is 0 Å². The zero-order valence-corrected chi connectivity index (χ0v) is 12.4. The van der Waals surface area contributed by atoms with Crippen LogP contribution >= 0.6 is 38.9 Å². The van der Waals surface area contributed by atoms with E-state index < -0.39 is 0 Å². The van der Waals surface area contributed by atoms with Gasteiger partial charge in [-0.2, -0.15) is 0 Å². The minimum atomic E-state index is 0.256. The Morgan fingerprint density at radius 2 is 2.11 bits per heavy atom. The average Bonchev–Trinajstić information content (AvgIpc) is 2.95. The lowest BCUT2D eigenvalue weighted by molar-refractivity contribution is 0.174. The molecule has 1 aliphatic heterocycles. The lowest BCUT2D eigenvalue weighted by Crippen LogP contribution is -1.98. The first-order chi connectivity index (χ1) is 8.74. The van der Waals surface area contributed by atoms with Gasteiger partial charge in [0.2, 0.25) is 6.79 Å². The molecule has 3 rings (SSSR count). The third-order valence-corrected chi connectivity index (χ3v) is 4.83. The fraction of sp³-hybridized carbons (Fsp3) is 0.167. The Bertz CT molecular complexity index is 587. The third kappa shape index (κ3) is 2.30. The quantitative estimate of drug-likeness (QED) is 0.887. The van der Waals surface area contributed by atoms with Crippen molar-refractivity contribution in [3.63, 3.8) is 0 Å². The summed E-state index contributed by atoms with van der Waals surface area (Å²) in [6.07, 6.45) is 0. The number of anilines is 1. The third-order valence-electron chi connectivity index (χ3n) is 2.59. The summed E-state index contributed by atoms with van der Waals surface area (Å²) in [5, 5.41) is 5.97. The lowest BCUT2D eigenvalue weighted by Gasteiger charge is -2.08. The van der Waals surface area contributed by atoms with Gasteiger partial charge in [-0.25, -0.2) is 0 Å². The molecule has 0 amide bonds. The van der Waals surface area contributed by atoms with Crippen molar-refractivity contribution in [3.8, 4) is 11.5 Å². The second-order valence-corrected chi connectivity index (χ2v) is 5.99. The van der Waals surface area contributed by atoms with Crippen LogP contribution in [0.3, 0.4) is 0 Å². The van der Waals surface area contributed by atoms with E-state index in [9.17, 15) is 0 Å². The largest absolute Gasteiger partial charge is 0.454 e. The summed E-state index contributed by atoms with van der Waals surface area (Å²) >= 11 is 11.4. The summed E-state index contributed by atoms with van der Waals surface area (Å²) in [5.41, 5.74) is 0.848. The van der Waals surface area contributed by atoms with E-state index in [1.165, 1.54) is 4.88 Å². The molecule has 0 bridgehead atoms. The average molecular weight is 347 g/mol. The second kappa shape index (κ2) is 4.99. The van der Waals surface area contributed by atoms with Crippen LogP contribution in [0.5, 0.6) is 11.5 Å². The fourth-order valence-electron chi connectivity index (χ4n) is 1.68. The molecule has 0 fully saturated rings. The van der Waals surface area contributed by atoms with E-state index in [1.807, 2.05) is 17.5 Å². The van der Waals surface area contributed by atoms with Gasteiger partial charge < -0.3 is 14.8 Å². The first kappa shape index (κ1) is 12.1. The van der Waals surface area contributed by atoms with Gasteiger partial charge in [0.05, 0.1) is 17.3 Å². The highest BCUT2D eigenvalue weighted by molar-refractivity contribution is 9.10. The van der Waals surface area contributed by atoms with Crippen molar-refractivity contribution in [2.45, 2.75) is 6.54 Å². The Labute approximate surface area is 122 Å². The number of fused-ring (bicyclic) bond motifs is 1. The number of benzene rings is 1. The van der Waals surface area contributed by atoms with Gasteiger partial charge in [0.1, 0.15) is 0 Å². The van der Waals surface area contributed by atoms with Gasteiger partial charge in [-0.3, -0.25) is 0 Å². The molecule has 0 aliphatic carbocycles. The van der Waals surface area contributed by atoms with Crippen LogP contribution in [0.4, 0.5) is 5.69 Å². The molecule has 0 spiro atoms. The first-order valence-corrected chi connectivity index (χ1v) is 7.34. The molecule has 0 atom stereocenters. The van der Waals surface area contributed by atoms with Gasteiger partial charge >= 0.3 is 0 Å². The van der Waals surface area contributed by atoms with E-state index in [0.717, 1.165) is 22.5 Å². The molecule has 0 radical (unpaired) electrons. The van der Waals surface area contributed by atoms with Crippen LogP contribution in [0.25, 0.3) is 0 Å². The van der Waals surface area contributed by atoms with Gasteiger partial charge in [0, 0.05) is 21.5 Å². The van der Waals surface area contributed by atoms with Gasteiger partial charge in [-0.05, 0) is 27.4 Å². The zero-order valence-electron chi connectivity index (χ0n) is 9.20. The van der Waals surface area contributed by atoms with Gasteiger partial charge in [0.25, 0.3) is 0 Å². The van der Waals surface area contributed by atoms with Crippen molar-refractivity contribution in [1.82, 2.24) is 0 Å². The summed E-state index contributed by atoms with van der Waals surface area (Å²) in [5.74, 6) is 1.43. The highest BCUT2D eigenvalue weighted by Gasteiger charge is 2.16. The molecule has 94 valence electrons. The Balaban J connectivity index is 1.79. The number of ether oxygens (including phenoxy) is 2. The minimum Gasteiger partial charge on any atom is -0.454 e. The number of rotatable bonds is 3. The van der Waals surface area contributed by atoms with Crippen molar-refractivity contribution >= 4 is 44.6 Å². The van der Waals surface area contributed by atoms with Crippen LogP contribution in [0.1, 0.15) is 4.88 Å². The topological polar surface area (TPSA) is 30.5 Å². The number of nitrogens with one attached hydrogen (secondary N) is 1. The monoisotopic (exact) mass is 345 g/mol. The Morgan fingerprint density at radius 3 is 2.83 bits per heavy atom. The molecule has 0 saturated carbocycles. The summed E-state index contributed by atoms with van der Waals surface area (Å²) < 4.78 is 11.7. The molecule has 1 N–H and O–H groups in total. The molecule has 2 heterocycles. The Kier molecular flexibility index (Phi) is 3.37. The van der Waals surface area contributed by atoms with Crippen LogP contribution in [-0.2, 0) is 6.54 Å². The van der Waals surface area contributed by atoms with Gasteiger partial charge in [-0.15, -0.1) is 11.3 Å². The molecule has 18 heavy (non-hydrogen) atoms. The molecular formula is C12H9BrClNO2S. The standard InChI is InChI=1S/C12H9BrClNO2S/c13-7-1-2-18-12(7)5-15-9-4-11-10(3-8(9)14)16-6-17-11/h1-4,15H,5-6H2. The normalized spacial score (nSPS) is 12.8. The number of halogens is 2. The predicted octanol–water partition coefficient (Wildman–Crippen LogP) is 4.50. The SMILES string of the molecule is Clc1cc2c(cc1NCc1sccc1Br)OCO2. The first-order valence-electron chi connectivity index (χ1n) is 5.29. The molecule has 1 aromatic carbocycles. The van der Waals surface area contributed by atoms with Crippen molar-refractivity contribution in [2.24, 2.45) is 0 Å². The van der Waals surface area contributed by atoms with Gasteiger partial charge in [-0.1, -0.05) is 11.6 Å². The molecule has 6 heteroatoms. The molecule has 2 aromatic rings. The van der Waals surface area contributed by atoms with E-state index in [0.29, 0.717) is 10.8 Å². The van der Waals surface area contributed by atoms with E-state index in [2.05, 4.69) is 21.2 Å². The fourth-order valence-corrected chi connectivity index (χ4v) is 3.33. The van der Waals surface area contributed by atoms with Crippen molar-refractivity contribution in [3.05, 3.63) is 38.0 Å². The minimum absolute atomic E-state index is 0.256. The van der Waals surface area contributed by atoms with E-state index in [-0.39, 0.29) is 6.79 Å². The lowest BCUT2D eigenvalue weighted by atomic mass is 10.2. The molecule has 0 saturated heterocycles. The summed E-state index contributed by atoms with van der Waals surface area (Å²) in [6.45, 7) is 0.975. The number of hydrogen-bond acceptors (Lipinski definition) is 4. The molecule has 0 unspecified atom stereocenters. The zero-order chi connectivity index (χ0) is 12.5. The molecule has 3 nitrogen and oxygen atoms in total. The van der Waals surface area contributed by atoms with Crippen LogP contribution in [-0.4, -0.2) is 6.79 Å². The van der Waals surface area contributed by atoms with E-state index >= 15 is 0 Å². The Hall–Kier alpha value is -0.910. The number of thiophene rings is 1. The van der Waals surface area contributed by atoms with Crippen LogP contribution < -0.4 is 14.8 Å².